The normalized spacial score (nSPS) is 14.5. The summed E-state index contributed by atoms with van der Waals surface area (Å²) in [5, 5.41) is 13.4. The lowest BCUT2D eigenvalue weighted by molar-refractivity contribution is -0.120. The van der Waals surface area contributed by atoms with E-state index in [0.717, 1.165) is 22.2 Å². The average molecular weight is 402 g/mol. The first-order chi connectivity index (χ1) is 14.5. The van der Waals surface area contributed by atoms with Crippen LogP contribution in [-0.4, -0.2) is 24.0 Å². The summed E-state index contributed by atoms with van der Waals surface area (Å²) in [6.45, 7) is 5.05. The van der Waals surface area contributed by atoms with Crippen molar-refractivity contribution in [2.24, 2.45) is 5.92 Å². The molecule has 1 amide bonds. The number of aryl methyl sites for hydroxylation is 2. The van der Waals surface area contributed by atoms with Gasteiger partial charge in [-0.1, -0.05) is 17.7 Å². The maximum atomic E-state index is 13.7. The summed E-state index contributed by atoms with van der Waals surface area (Å²) in [6, 6.07) is 13.0. The Kier molecular flexibility index (Phi) is 5.37. The third-order valence-corrected chi connectivity index (χ3v) is 5.74. The third kappa shape index (κ3) is 3.84. The molecule has 4 rings (SSSR count). The van der Waals surface area contributed by atoms with Gasteiger partial charge in [0.25, 0.3) is 0 Å². The molecule has 1 aromatic heterocycles. The highest BCUT2D eigenvalue weighted by Crippen LogP contribution is 2.33. The minimum Gasteiger partial charge on any atom is -0.370 e. The molecule has 0 aliphatic carbocycles. The number of nitriles is 1. The first-order valence-electron chi connectivity index (χ1n) is 10.1. The number of aromatic nitrogens is 1. The molecular formula is C24H23FN4O. The second-order valence-corrected chi connectivity index (χ2v) is 7.87. The van der Waals surface area contributed by atoms with Crippen molar-refractivity contribution in [3.8, 4) is 6.07 Å². The Balaban J connectivity index is 1.51. The van der Waals surface area contributed by atoms with E-state index in [2.05, 4.69) is 27.3 Å². The minimum atomic E-state index is -0.327. The van der Waals surface area contributed by atoms with Crippen LogP contribution in [-0.2, 0) is 4.79 Å². The van der Waals surface area contributed by atoms with Gasteiger partial charge in [0.05, 0.1) is 16.8 Å². The quantitative estimate of drug-likeness (QED) is 0.688. The number of rotatable bonds is 3. The van der Waals surface area contributed by atoms with Gasteiger partial charge >= 0.3 is 0 Å². The molecule has 0 spiro atoms. The summed E-state index contributed by atoms with van der Waals surface area (Å²) in [5.74, 6) is -0.564. The maximum absolute atomic E-state index is 13.7. The Morgan fingerprint density at radius 1 is 1.20 bits per heavy atom. The van der Waals surface area contributed by atoms with Crippen molar-refractivity contribution < 1.29 is 9.18 Å². The molecule has 0 unspecified atom stereocenters. The fourth-order valence-electron chi connectivity index (χ4n) is 4.00. The summed E-state index contributed by atoms with van der Waals surface area (Å²) >= 11 is 0. The number of pyridine rings is 1. The molecule has 0 bridgehead atoms. The van der Waals surface area contributed by atoms with Gasteiger partial charge in [-0.2, -0.15) is 5.26 Å². The summed E-state index contributed by atoms with van der Waals surface area (Å²) in [7, 11) is 0. The van der Waals surface area contributed by atoms with Crippen molar-refractivity contribution in [2.45, 2.75) is 26.7 Å². The van der Waals surface area contributed by atoms with Crippen LogP contribution in [0.4, 0.5) is 15.8 Å². The molecule has 152 valence electrons. The van der Waals surface area contributed by atoms with Gasteiger partial charge < -0.3 is 10.2 Å². The van der Waals surface area contributed by atoms with Gasteiger partial charge in [0, 0.05) is 36.3 Å². The SMILES string of the molecule is Cc1ccc2ncc(C#N)c(N3CCC(C(=O)Nc4ccc(C)c(F)c4)CC3)c2c1. The molecule has 1 fully saturated rings. The molecule has 0 radical (unpaired) electrons. The Morgan fingerprint density at radius 2 is 1.97 bits per heavy atom. The summed E-state index contributed by atoms with van der Waals surface area (Å²) < 4.78 is 13.7. The number of halogens is 1. The number of anilines is 2. The molecule has 6 heteroatoms. The van der Waals surface area contributed by atoms with E-state index >= 15 is 0 Å². The van der Waals surface area contributed by atoms with E-state index in [1.54, 1.807) is 25.3 Å². The van der Waals surface area contributed by atoms with Crippen molar-refractivity contribution >= 4 is 28.2 Å². The molecule has 2 aromatic carbocycles. The molecule has 5 nitrogen and oxygen atoms in total. The number of nitrogens with one attached hydrogen (secondary N) is 1. The predicted molar refractivity (Wildman–Crippen MR) is 116 cm³/mol. The van der Waals surface area contributed by atoms with Crippen LogP contribution in [0, 0.1) is 36.9 Å². The van der Waals surface area contributed by atoms with Crippen LogP contribution in [0.25, 0.3) is 10.9 Å². The zero-order valence-electron chi connectivity index (χ0n) is 17.1. The average Bonchev–Trinajstić information content (AvgIpc) is 2.75. The van der Waals surface area contributed by atoms with Crippen molar-refractivity contribution in [3.63, 3.8) is 0 Å². The number of hydrogen-bond acceptors (Lipinski definition) is 4. The second kappa shape index (κ2) is 8.11. The van der Waals surface area contributed by atoms with E-state index < -0.39 is 0 Å². The van der Waals surface area contributed by atoms with Crippen LogP contribution in [0.1, 0.15) is 29.5 Å². The molecule has 0 atom stereocenters. The van der Waals surface area contributed by atoms with Crippen LogP contribution in [0.3, 0.4) is 0 Å². The van der Waals surface area contributed by atoms with Crippen LogP contribution < -0.4 is 10.2 Å². The van der Waals surface area contributed by atoms with E-state index in [0.29, 0.717) is 42.7 Å². The summed E-state index contributed by atoms with van der Waals surface area (Å²) in [6.07, 6.45) is 2.96. The van der Waals surface area contributed by atoms with E-state index in [1.165, 1.54) is 6.07 Å². The topological polar surface area (TPSA) is 69.0 Å². The molecule has 1 aliphatic heterocycles. The van der Waals surface area contributed by atoms with E-state index in [9.17, 15) is 14.4 Å². The zero-order valence-corrected chi connectivity index (χ0v) is 17.1. The third-order valence-electron chi connectivity index (χ3n) is 5.74. The van der Waals surface area contributed by atoms with Crippen LogP contribution in [0.5, 0.6) is 0 Å². The van der Waals surface area contributed by atoms with Crippen LogP contribution in [0.15, 0.2) is 42.6 Å². The number of piperidine rings is 1. The van der Waals surface area contributed by atoms with Gasteiger partial charge in [0.2, 0.25) is 5.91 Å². The molecule has 1 N–H and O–H groups in total. The Morgan fingerprint density at radius 3 is 2.67 bits per heavy atom. The highest BCUT2D eigenvalue weighted by molar-refractivity contribution is 5.95. The number of amides is 1. The molecular weight excluding hydrogens is 379 g/mol. The van der Waals surface area contributed by atoms with Gasteiger partial charge in [-0.05, 0) is 56.5 Å². The highest BCUT2D eigenvalue weighted by atomic mass is 19.1. The van der Waals surface area contributed by atoms with Gasteiger partial charge in [0.15, 0.2) is 0 Å². The maximum Gasteiger partial charge on any atom is 0.227 e. The number of carbonyl (C=O) groups excluding carboxylic acids is 1. The largest absolute Gasteiger partial charge is 0.370 e. The number of nitrogens with zero attached hydrogens (tertiary/aromatic N) is 3. The van der Waals surface area contributed by atoms with E-state index in [4.69, 9.17) is 0 Å². The number of hydrogen-bond donors (Lipinski definition) is 1. The zero-order chi connectivity index (χ0) is 21.3. The van der Waals surface area contributed by atoms with Crippen molar-refractivity contribution in [2.75, 3.05) is 23.3 Å². The van der Waals surface area contributed by atoms with Gasteiger partial charge in [0.1, 0.15) is 11.9 Å². The smallest absolute Gasteiger partial charge is 0.227 e. The molecule has 3 aromatic rings. The Labute approximate surface area is 175 Å². The monoisotopic (exact) mass is 402 g/mol. The van der Waals surface area contributed by atoms with Gasteiger partial charge in [-0.3, -0.25) is 9.78 Å². The fourth-order valence-corrected chi connectivity index (χ4v) is 4.00. The lowest BCUT2D eigenvalue weighted by Crippen LogP contribution is -2.38. The highest BCUT2D eigenvalue weighted by Gasteiger charge is 2.27. The van der Waals surface area contributed by atoms with Crippen molar-refractivity contribution in [1.82, 2.24) is 4.98 Å². The minimum absolute atomic E-state index is 0.0890. The Bertz CT molecular complexity index is 1160. The van der Waals surface area contributed by atoms with Gasteiger partial charge in [-0.15, -0.1) is 0 Å². The van der Waals surface area contributed by atoms with Crippen molar-refractivity contribution in [1.29, 1.82) is 5.26 Å². The molecule has 2 heterocycles. The summed E-state index contributed by atoms with van der Waals surface area (Å²) in [4.78, 5) is 19.3. The lowest BCUT2D eigenvalue weighted by Gasteiger charge is -2.34. The predicted octanol–water partition coefficient (Wildman–Crippen LogP) is 4.72. The molecule has 0 saturated carbocycles. The lowest BCUT2D eigenvalue weighted by atomic mass is 9.94. The fraction of sp³-hybridized carbons (Fsp3) is 0.292. The molecule has 1 saturated heterocycles. The van der Waals surface area contributed by atoms with E-state index in [-0.39, 0.29) is 17.6 Å². The first-order valence-corrected chi connectivity index (χ1v) is 10.1. The summed E-state index contributed by atoms with van der Waals surface area (Å²) in [5.41, 5.74) is 4.44. The number of fused-ring (bicyclic) bond motifs is 1. The second-order valence-electron chi connectivity index (χ2n) is 7.87. The van der Waals surface area contributed by atoms with Crippen LogP contribution in [0.2, 0.25) is 0 Å². The van der Waals surface area contributed by atoms with Crippen molar-refractivity contribution in [3.05, 3.63) is 65.1 Å². The number of benzene rings is 2. The first kappa shape index (κ1) is 19.8. The van der Waals surface area contributed by atoms with Crippen LogP contribution >= 0.6 is 0 Å². The molecule has 30 heavy (non-hydrogen) atoms. The van der Waals surface area contributed by atoms with E-state index in [1.807, 2.05) is 19.1 Å². The van der Waals surface area contributed by atoms with Gasteiger partial charge in [-0.25, -0.2) is 4.39 Å². The Hall–Kier alpha value is -3.46. The molecule has 1 aliphatic rings. The number of carbonyl (C=O) groups is 1. The standard InChI is InChI=1S/C24H23FN4O/c1-15-3-6-22-20(11-15)23(18(13-26)14-27-22)29-9-7-17(8-10-29)24(30)28-19-5-4-16(2)21(25)12-19/h3-6,11-12,14,17H,7-10H2,1-2H3,(H,28,30).